The Balaban J connectivity index is 4.17. The molecule has 0 aliphatic rings. The molecule has 0 bridgehead atoms. The minimum atomic E-state index is -4.36. The highest BCUT2D eigenvalue weighted by molar-refractivity contribution is 7.47. The van der Waals surface area contributed by atoms with E-state index in [0.717, 1.165) is 44.9 Å². The van der Waals surface area contributed by atoms with Gasteiger partial charge >= 0.3 is 19.8 Å². The molecule has 0 amide bonds. The highest BCUT2D eigenvalue weighted by atomic mass is 31.2. The van der Waals surface area contributed by atoms with Gasteiger partial charge in [-0.15, -0.1) is 6.58 Å². The van der Waals surface area contributed by atoms with Crippen molar-refractivity contribution in [3.63, 3.8) is 0 Å². The smallest absolute Gasteiger partial charge is 0.462 e. The minimum absolute atomic E-state index is 0.0555. The molecule has 0 saturated heterocycles. The number of phosphoric ester groups is 1. The summed E-state index contributed by atoms with van der Waals surface area (Å²) in [7, 11) is -4.36. The fraction of sp³-hybridized carbons (Fsp3) is 0.892. The van der Waals surface area contributed by atoms with Crippen molar-refractivity contribution in [3.05, 3.63) is 12.7 Å². The average Bonchev–Trinajstić information content (AvgIpc) is 3.05. The highest BCUT2D eigenvalue weighted by Gasteiger charge is 2.25. The molecule has 0 fully saturated rings. The van der Waals surface area contributed by atoms with Crippen LogP contribution < -0.4 is 5.73 Å². The summed E-state index contributed by atoms with van der Waals surface area (Å²) >= 11 is 0. The van der Waals surface area contributed by atoms with Crippen molar-refractivity contribution in [2.45, 2.75) is 186 Å². The van der Waals surface area contributed by atoms with Crippen LogP contribution in [0, 0.1) is 0 Å². The number of nitrogens with two attached hydrogens (primary N) is 1. The highest BCUT2D eigenvalue weighted by Crippen LogP contribution is 2.43. The van der Waals surface area contributed by atoms with Crippen molar-refractivity contribution in [1.82, 2.24) is 0 Å². The van der Waals surface area contributed by atoms with Gasteiger partial charge in [-0.05, 0) is 25.7 Å². The summed E-state index contributed by atoms with van der Waals surface area (Å²) in [4.78, 5) is 34.7. The fourth-order valence-electron chi connectivity index (χ4n) is 5.44. The minimum Gasteiger partial charge on any atom is -0.462 e. The Hall–Kier alpha value is -1.25. The lowest BCUT2D eigenvalue weighted by Gasteiger charge is -2.19. The molecule has 3 N–H and O–H groups in total. The van der Waals surface area contributed by atoms with Crippen LogP contribution in [0.15, 0.2) is 12.7 Å². The second-order valence-electron chi connectivity index (χ2n) is 12.9. The normalized spacial score (nSPS) is 13.3. The van der Waals surface area contributed by atoms with Crippen molar-refractivity contribution >= 4 is 19.8 Å². The lowest BCUT2D eigenvalue weighted by Crippen LogP contribution is -2.29. The zero-order chi connectivity index (χ0) is 34.7. The number of ether oxygens (including phenoxy) is 2. The van der Waals surface area contributed by atoms with Gasteiger partial charge in [-0.3, -0.25) is 18.6 Å². The third-order valence-electron chi connectivity index (χ3n) is 8.30. The number of esters is 2. The number of hydrogen-bond donors (Lipinski definition) is 2. The van der Waals surface area contributed by atoms with Gasteiger partial charge in [0.15, 0.2) is 6.10 Å². The zero-order valence-corrected chi connectivity index (χ0v) is 31.0. The van der Waals surface area contributed by atoms with E-state index in [1.54, 1.807) is 0 Å². The third kappa shape index (κ3) is 34.4. The Kier molecular flexibility index (Phi) is 33.7. The van der Waals surface area contributed by atoms with E-state index in [1.165, 1.54) is 109 Å². The lowest BCUT2D eigenvalue weighted by molar-refractivity contribution is -0.161. The predicted octanol–water partition coefficient (Wildman–Crippen LogP) is 10.3. The molecule has 47 heavy (non-hydrogen) atoms. The van der Waals surface area contributed by atoms with Crippen LogP contribution in [0.4, 0.5) is 0 Å². The van der Waals surface area contributed by atoms with Crippen LogP contribution in [0.5, 0.6) is 0 Å². The summed E-state index contributed by atoms with van der Waals surface area (Å²) in [6.07, 6.45) is 31.3. The second kappa shape index (κ2) is 34.6. The van der Waals surface area contributed by atoms with Gasteiger partial charge in [0.25, 0.3) is 0 Å². The first-order valence-corrected chi connectivity index (χ1v) is 20.6. The Morgan fingerprint density at radius 2 is 1.09 bits per heavy atom. The van der Waals surface area contributed by atoms with E-state index in [1.807, 2.05) is 6.08 Å². The van der Waals surface area contributed by atoms with E-state index < -0.39 is 26.5 Å². The number of phosphoric acid groups is 1. The quantitative estimate of drug-likeness (QED) is 0.0283. The van der Waals surface area contributed by atoms with Crippen LogP contribution in [-0.4, -0.2) is 49.3 Å². The molecule has 0 aliphatic carbocycles. The first kappa shape index (κ1) is 45.8. The van der Waals surface area contributed by atoms with Crippen molar-refractivity contribution in [3.8, 4) is 0 Å². The maximum atomic E-state index is 12.5. The Labute approximate surface area is 288 Å². The number of rotatable bonds is 37. The van der Waals surface area contributed by atoms with E-state index >= 15 is 0 Å². The van der Waals surface area contributed by atoms with Crippen molar-refractivity contribution in [1.29, 1.82) is 0 Å². The van der Waals surface area contributed by atoms with Gasteiger partial charge in [-0.2, -0.15) is 0 Å². The monoisotopic (exact) mass is 689 g/mol. The summed E-state index contributed by atoms with van der Waals surface area (Å²) in [6, 6.07) is 0. The molecule has 0 radical (unpaired) electrons. The SMILES string of the molecule is C=CCCCCCCCCCCCCCCCC(=O)O[C@H](COC(=O)CCCCCCCCCCCCC)COP(=O)(O)OCCN. The summed E-state index contributed by atoms with van der Waals surface area (Å²) in [6.45, 7) is 5.24. The summed E-state index contributed by atoms with van der Waals surface area (Å²) in [5.41, 5.74) is 5.33. The number of unbranched alkanes of at least 4 members (excludes halogenated alkanes) is 23. The first-order valence-electron chi connectivity index (χ1n) is 19.1. The maximum Gasteiger partial charge on any atom is 0.472 e. The van der Waals surface area contributed by atoms with Crippen LogP contribution in [0.3, 0.4) is 0 Å². The molecule has 9 nitrogen and oxygen atoms in total. The standard InChI is InChI=1S/C37H72NO8P/c1-3-5-7-9-11-13-15-16-17-18-20-22-24-26-28-30-37(40)46-35(34-45-47(41,42)44-32-31-38)33-43-36(39)29-27-25-23-21-19-14-12-10-8-6-4-2/h3,35H,1,4-34,38H2,2H3,(H,41,42)/t35-/m1/s1. The van der Waals surface area contributed by atoms with E-state index in [-0.39, 0.29) is 38.6 Å². The molecule has 0 aromatic rings. The van der Waals surface area contributed by atoms with Crippen molar-refractivity contribution in [2.24, 2.45) is 5.73 Å². The van der Waals surface area contributed by atoms with Crippen molar-refractivity contribution in [2.75, 3.05) is 26.4 Å². The Bertz CT molecular complexity index is 781. The third-order valence-corrected chi connectivity index (χ3v) is 9.28. The molecule has 0 heterocycles. The van der Waals surface area contributed by atoms with Gasteiger partial charge in [0.05, 0.1) is 13.2 Å². The summed E-state index contributed by atoms with van der Waals surface area (Å²) in [5.74, 6) is -0.826. The van der Waals surface area contributed by atoms with Crippen LogP contribution in [0.25, 0.3) is 0 Å². The molecule has 0 spiro atoms. The van der Waals surface area contributed by atoms with E-state index in [2.05, 4.69) is 13.5 Å². The van der Waals surface area contributed by atoms with Gasteiger partial charge in [-0.1, -0.05) is 148 Å². The van der Waals surface area contributed by atoms with Gasteiger partial charge in [0, 0.05) is 19.4 Å². The molecular weight excluding hydrogens is 617 g/mol. The van der Waals surface area contributed by atoms with Gasteiger partial charge in [-0.25, -0.2) is 4.57 Å². The zero-order valence-electron chi connectivity index (χ0n) is 30.1. The van der Waals surface area contributed by atoms with E-state index in [9.17, 15) is 19.0 Å². The van der Waals surface area contributed by atoms with Crippen LogP contribution in [-0.2, 0) is 32.7 Å². The topological polar surface area (TPSA) is 134 Å². The maximum absolute atomic E-state index is 12.5. The molecule has 0 aromatic carbocycles. The Morgan fingerprint density at radius 1 is 0.660 bits per heavy atom. The average molecular weight is 690 g/mol. The fourth-order valence-corrected chi connectivity index (χ4v) is 6.20. The van der Waals surface area contributed by atoms with E-state index in [4.69, 9.17) is 24.3 Å². The van der Waals surface area contributed by atoms with Crippen LogP contribution >= 0.6 is 7.82 Å². The molecule has 2 atom stereocenters. The molecular formula is C37H72NO8P. The number of hydrogen-bond acceptors (Lipinski definition) is 8. The van der Waals surface area contributed by atoms with Gasteiger partial charge in [0.1, 0.15) is 6.61 Å². The number of allylic oxidation sites excluding steroid dienone is 1. The molecule has 10 heteroatoms. The summed E-state index contributed by atoms with van der Waals surface area (Å²) < 4.78 is 32.6. The lowest BCUT2D eigenvalue weighted by atomic mass is 10.0. The molecule has 0 aliphatic heterocycles. The molecule has 0 rings (SSSR count). The molecule has 1 unspecified atom stereocenters. The van der Waals surface area contributed by atoms with Crippen LogP contribution in [0.1, 0.15) is 180 Å². The summed E-state index contributed by atoms with van der Waals surface area (Å²) in [5, 5.41) is 0. The largest absolute Gasteiger partial charge is 0.472 e. The predicted molar refractivity (Wildman–Crippen MR) is 192 cm³/mol. The van der Waals surface area contributed by atoms with E-state index in [0.29, 0.717) is 6.42 Å². The number of carbonyl (C=O) groups is 2. The second-order valence-corrected chi connectivity index (χ2v) is 14.3. The van der Waals surface area contributed by atoms with Crippen LogP contribution in [0.2, 0.25) is 0 Å². The first-order chi connectivity index (χ1) is 22.8. The molecule has 278 valence electrons. The Morgan fingerprint density at radius 3 is 1.53 bits per heavy atom. The van der Waals surface area contributed by atoms with Gasteiger partial charge < -0.3 is 20.1 Å². The molecule has 0 aromatic heterocycles. The molecule has 0 saturated carbocycles. The van der Waals surface area contributed by atoms with Gasteiger partial charge in [0.2, 0.25) is 0 Å². The number of carbonyl (C=O) groups excluding carboxylic acids is 2. The van der Waals surface area contributed by atoms with Crippen molar-refractivity contribution < 1.29 is 37.6 Å².